The van der Waals surface area contributed by atoms with E-state index in [0.717, 1.165) is 12.8 Å². The van der Waals surface area contributed by atoms with Crippen LogP contribution in [-0.4, -0.2) is 26.3 Å². The molecule has 0 aliphatic carbocycles. The van der Waals surface area contributed by atoms with Gasteiger partial charge in [0.05, 0.1) is 10.5 Å². The van der Waals surface area contributed by atoms with Crippen molar-refractivity contribution in [1.82, 2.24) is 4.31 Å². The Kier molecular flexibility index (Phi) is 4.67. The van der Waals surface area contributed by atoms with Crippen molar-refractivity contribution in [3.8, 4) is 6.07 Å². The van der Waals surface area contributed by atoms with Crippen LogP contribution in [0.5, 0.6) is 0 Å². The summed E-state index contributed by atoms with van der Waals surface area (Å²) in [5, 5.41) is 8.91. The zero-order chi connectivity index (χ0) is 12.9. The number of nitriles is 1. The number of benzene rings is 1. The molecule has 0 fully saturated rings. The number of nitrogens with zero attached hydrogens (tertiary/aromatic N) is 2. The van der Waals surface area contributed by atoms with E-state index in [1.807, 2.05) is 13.0 Å². The monoisotopic (exact) mass is 252 g/mol. The van der Waals surface area contributed by atoms with Crippen molar-refractivity contribution in [1.29, 1.82) is 5.26 Å². The summed E-state index contributed by atoms with van der Waals surface area (Å²) in [6.07, 6.45) is 1.74. The van der Waals surface area contributed by atoms with Crippen LogP contribution in [0.4, 0.5) is 0 Å². The first-order valence-corrected chi connectivity index (χ1v) is 6.93. The number of hydrogen-bond donors (Lipinski definition) is 0. The lowest BCUT2D eigenvalue weighted by atomic mass is 10.2. The fraction of sp³-hybridized carbons (Fsp3) is 0.417. The topological polar surface area (TPSA) is 61.2 Å². The van der Waals surface area contributed by atoms with Gasteiger partial charge in [0.15, 0.2) is 0 Å². The Labute approximate surface area is 103 Å². The van der Waals surface area contributed by atoms with Crippen molar-refractivity contribution in [2.75, 3.05) is 13.6 Å². The quantitative estimate of drug-likeness (QED) is 0.805. The van der Waals surface area contributed by atoms with Gasteiger partial charge in [0.25, 0.3) is 0 Å². The molecule has 0 aromatic heterocycles. The van der Waals surface area contributed by atoms with Crippen LogP contribution in [0.3, 0.4) is 0 Å². The lowest BCUT2D eigenvalue weighted by Crippen LogP contribution is -2.28. The first kappa shape index (κ1) is 13.7. The molecular formula is C12H16N2O2S. The normalized spacial score (nSPS) is 11.4. The Morgan fingerprint density at radius 1 is 1.35 bits per heavy atom. The minimum Gasteiger partial charge on any atom is -0.207 e. The number of unbranched alkanes of at least 4 members (excludes halogenated alkanes) is 1. The molecule has 0 spiro atoms. The molecule has 0 amide bonds. The van der Waals surface area contributed by atoms with Gasteiger partial charge in [-0.25, -0.2) is 12.7 Å². The molecule has 0 aliphatic heterocycles. The Morgan fingerprint density at radius 2 is 2.00 bits per heavy atom. The maximum Gasteiger partial charge on any atom is 0.244 e. The number of hydrogen-bond acceptors (Lipinski definition) is 3. The average Bonchev–Trinajstić information content (AvgIpc) is 2.35. The van der Waals surface area contributed by atoms with Crippen molar-refractivity contribution in [2.24, 2.45) is 0 Å². The average molecular weight is 252 g/mol. The van der Waals surface area contributed by atoms with E-state index in [-0.39, 0.29) is 10.5 Å². The minimum atomic E-state index is -3.54. The summed E-state index contributed by atoms with van der Waals surface area (Å²) in [6.45, 7) is 2.47. The molecule has 0 atom stereocenters. The lowest BCUT2D eigenvalue weighted by Gasteiger charge is -2.17. The molecule has 1 rings (SSSR count). The largest absolute Gasteiger partial charge is 0.244 e. The zero-order valence-electron chi connectivity index (χ0n) is 10.0. The highest BCUT2D eigenvalue weighted by molar-refractivity contribution is 7.89. The molecule has 0 bridgehead atoms. The van der Waals surface area contributed by atoms with E-state index in [9.17, 15) is 8.42 Å². The second-order valence-corrected chi connectivity index (χ2v) is 5.80. The van der Waals surface area contributed by atoms with E-state index in [2.05, 4.69) is 0 Å². The highest BCUT2D eigenvalue weighted by Crippen LogP contribution is 2.18. The van der Waals surface area contributed by atoms with E-state index in [4.69, 9.17) is 5.26 Å². The molecule has 0 aliphatic rings. The van der Waals surface area contributed by atoms with Gasteiger partial charge in [-0.15, -0.1) is 0 Å². The third kappa shape index (κ3) is 3.05. The summed E-state index contributed by atoms with van der Waals surface area (Å²) in [4.78, 5) is 0.0844. The van der Waals surface area contributed by atoms with Crippen molar-refractivity contribution >= 4 is 10.0 Å². The number of rotatable bonds is 5. The molecule has 92 valence electrons. The summed E-state index contributed by atoms with van der Waals surface area (Å²) < 4.78 is 25.7. The van der Waals surface area contributed by atoms with E-state index in [1.165, 1.54) is 16.4 Å². The van der Waals surface area contributed by atoms with E-state index in [1.54, 1.807) is 19.2 Å². The van der Waals surface area contributed by atoms with Crippen molar-refractivity contribution in [3.63, 3.8) is 0 Å². The van der Waals surface area contributed by atoms with Crippen LogP contribution < -0.4 is 0 Å². The lowest BCUT2D eigenvalue weighted by molar-refractivity contribution is 0.459. The van der Waals surface area contributed by atoms with Crippen LogP contribution in [-0.2, 0) is 10.0 Å². The summed E-state index contributed by atoms with van der Waals surface area (Å²) in [7, 11) is -2.00. The van der Waals surface area contributed by atoms with Crippen LogP contribution in [0.1, 0.15) is 25.3 Å². The van der Waals surface area contributed by atoms with Gasteiger partial charge in [0, 0.05) is 13.6 Å². The third-order valence-corrected chi connectivity index (χ3v) is 4.44. The van der Waals surface area contributed by atoms with E-state index < -0.39 is 10.0 Å². The van der Waals surface area contributed by atoms with Crippen LogP contribution in [0, 0.1) is 11.3 Å². The maximum atomic E-state index is 12.2. The number of sulfonamides is 1. The Morgan fingerprint density at radius 3 is 2.59 bits per heavy atom. The fourth-order valence-electron chi connectivity index (χ4n) is 1.45. The summed E-state index contributed by atoms with van der Waals surface area (Å²) in [6, 6.07) is 8.17. The highest BCUT2D eigenvalue weighted by Gasteiger charge is 2.22. The van der Waals surface area contributed by atoms with Gasteiger partial charge >= 0.3 is 0 Å². The van der Waals surface area contributed by atoms with Crippen LogP contribution in [0.25, 0.3) is 0 Å². The zero-order valence-corrected chi connectivity index (χ0v) is 10.9. The molecule has 0 saturated heterocycles. The van der Waals surface area contributed by atoms with Gasteiger partial charge in [0.2, 0.25) is 10.0 Å². The molecule has 0 saturated carbocycles. The summed E-state index contributed by atoms with van der Waals surface area (Å²) in [5.41, 5.74) is 0.191. The van der Waals surface area contributed by atoms with Gasteiger partial charge < -0.3 is 0 Å². The van der Waals surface area contributed by atoms with Crippen LogP contribution >= 0.6 is 0 Å². The maximum absolute atomic E-state index is 12.2. The molecule has 0 radical (unpaired) electrons. The van der Waals surface area contributed by atoms with Gasteiger partial charge in [0.1, 0.15) is 6.07 Å². The van der Waals surface area contributed by atoms with Crippen molar-refractivity contribution in [2.45, 2.75) is 24.7 Å². The smallest absolute Gasteiger partial charge is 0.207 e. The first-order valence-electron chi connectivity index (χ1n) is 5.49. The molecular weight excluding hydrogens is 236 g/mol. The molecule has 4 nitrogen and oxygen atoms in total. The molecule has 1 aromatic carbocycles. The molecule has 1 aromatic rings. The second kappa shape index (κ2) is 5.80. The second-order valence-electron chi connectivity index (χ2n) is 3.79. The van der Waals surface area contributed by atoms with Gasteiger partial charge in [-0.1, -0.05) is 25.5 Å². The Hall–Kier alpha value is -1.38. The van der Waals surface area contributed by atoms with E-state index >= 15 is 0 Å². The van der Waals surface area contributed by atoms with Gasteiger partial charge in [-0.3, -0.25) is 0 Å². The van der Waals surface area contributed by atoms with Gasteiger partial charge in [-0.05, 0) is 18.6 Å². The van der Waals surface area contributed by atoms with Crippen LogP contribution in [0.15, 0.2) is 29.2 Å². The fourth-order valence-corrected chi connectivity index (χ4v) is 2.80. The van der Waals surface area contributed by atoms with Crippen molar-refractivity contribution in [3.05, 3.63) is 29.8 Å². The summed E-state index contributed by atoms with van der Waals surface area (Å²) >= 11 is 0. The standard InChI is InChI=1S/C12H16N2O2S/c1-3-4-9-14(2)17(15,16)12-8-6-5-7-11(12)10-13/h5-8H,3-4,9H2,1-2H3. The predicted octanol–water partition coefficient (Wildman–Crippen LogP) is 1.98. The predicted molar refractivity (Wildman–Crippen MR) is 65.9 cm³/mol. The highest BCUT2D eigenvalue weighted by atomic mass is 32.2. The van der Waals surface area contributed by atoms with Crippen LogP contribution in [0.2, 0.25) is 0 Å². The van der Waals surface area contributed by atoms with E-state index in [0.29, 0.717) is 6.54 Å². The first-order chi connectivity index (χ1) is 8.04. The summed E-state index contributed by atoms with van der Waals surface area (Å²) in [5.74, 6) is 0. The van der Waals surface area contributed by atoms with Gasteiger partial charge in [-0.2, -0.15) is 5.26 Å². The molecule has 0 unspecified atom stereocenters. The Balaban J connectivity index is 3.10. The minimum absolute atomic E-state index is 0.0844. The third-order valence-electron chi connectivity index (χ3n) is 2.52. The molecule has 0 heterocycles. The molecule has 5 heteroatoms. The Bertz CT molecular complexity index is 518. The van der Waals surface area contributed by atoms with Crippen molar-refractivity contribution < 1.29 is 8.42 Å². The molecule has 0 N–H and O–H groups in total. The molecule has 17 heavy (non-hydrogen) atoms. The SMILES string of the molecule is CCCCN(C)S(=O)(=O)c1ccccc1C#N.